The van der Waals surface area contributed by atoms with Gasteiger partial charge in [-0.15, -0.1) is 0 Å². The van der Waals surface area contributed by atoms with E-state index in [1.54, 1.807) is 28.8 Å². The number of hydrogen-bond acceptors (Lipinski definition) is 3. The Labute approximate surface area is 142 Å². The van der Waals surface area contributed by atoms with Crippen molar-refractivity contribution in [2.24, 2.45) is 23.7 Å². The van der Waals surface area contributed by atoms with E-state index >= 15 is 0 Å². The first-order valence-corrected chi connectivity index (χ1v) is 8.86. The largest absolute Gasteiger partial charge is 0.481 e. The summed E-state index contributed by atoms with van der Waals surface area (Å²) in [5, 5.41) is 9.43. The number of nitrogens with zero attached hydrogens (tertiary/aromatic N) is 3. The second-order valence-electron chi connectivity index (χ2n) is 7.63. The normalized spacial score (nSPS) is 28.1. The quantitative estimate of drug-likeness (QED) is 0.831. The van der Waals surface area contributed by atoms with Gasteiger partial charge in [0.25, 0.3) is 0 Å². The third-order valence-corrected chi connectivity index (χ3v) is 5.72. The van der Waals surface area contributed by atoms with Crippen molar-refractivity contribution < 1.29 is 19.5 Å². The van der Waals surface area contributed by atoms with Crippen molar-refractivity contribution in [1.82, 2.24) is 14.7 Å². The summed E-state index contributed by atoms with van der Waals surface area (Å²) < 4.78 is 0. The van der Waals surface area contributed by atoms with Gasteiger partial charge in [-0.2, -0.15) is 0 Å². The van der Waals surface area contributed by atoms with Gasteiger partial charge in [-0.3, -0.25) is 9.59 Å². The molecule has 0 radical (unpaired) electrons. The van der Waals surface area contributed by atoms with E-state index in [2.05, 4.69) is 0 Å². The minimum Gasteiger partial charge on any atom is -0.481 e. The highest BCUT2D eigenvalue weighted by molar-refractivity contribution is 5.81. The van der Waals surface area contributed by atoms with Crippen molar-refractivity contribution in [2.45, 2.75) is 25.7 Å². The van der Waals surface area contributed by atoms with Crippen LogP contribution in [-0.2, 0) is 9.59 Å². The number of carboxylic acid groups (broad SMARTS) is 1. The molecule has 7 heteroatoms. The molecule has 2 aliphatic heterocycles. The van der Waals surface area contributed by atoms with Gasteiger partial charge in [-0.05, 0) is 37.5 Å². The van der Waals surface area contributed by atoms with Crippen LogP contribution in [0.3, 0.4) is 0 Å². The number of aliphatic carboxylic acids is 1. The van der Waals surface area contributed by atoms with Crippen molar-refractivity contribution in [3.63, 3.8) is 0 Å². The average Bonchev–Trinajstić information content (AvgIpc) is 3.31. The Hall–Kier alpha value is -1.79. The maximum absolute atomic E-state index is 12.8. The lowest BCUT2D eigenvalue weighted by Gasteiger charge is -2.34. The first-order chi connectivity index (χ1) is 11.4. The number of amides is 3. The molecule has 1 aliphatic carbocycles. The summed E-state index contributed by atoms with van der Waals surface area (Å²) in [4.78, 5) is 41.3. The highest BCUT2D eigenvalue weighted by Crippen LogP contribution is 2.44. The molecule has 3 fully saturated rings. The number of hydrogen-bond donors (Lipinski definition) is 1. The Balaban J connectivity index is 1.56. The molecule has 2 saturated heterocycles. The van der Waals surface area contributed by atoms with Crippen LogP contribution in [0.1, 0.15) is 25.7 Å². The topological polar surface area (TPSA) is 81.2 Å². The third kappa shape index (κ3) is 3.35. The molecule has 24 heavy (non-hydrogen) atoms. The van der Waals surface area contributed by atoms with Crippen LogP contribution in [0.2, 0.25) is 0 Å². The molecular weight excluding hydrogens is 310 g/mol. The molecule has 1 N–H and O–H groups in total. The fraction of sp³-hybridized carbons (Fsp3) is 0.824. The molecule has 0 spiro atoms. The molecule has 7 nitrogen and oxygen atoms in total. The van der Waals surface area contributed by atoms with Crippen molar-refractivity contribution in [1.29, 1.82) is 0 Å². The minimum atomic E-state index is -0.770. The molecule has 0 unspecified atom stereocenters. The smallest absolute Gasteiger partial charge is 0.319 e. The van der Waals surface area contributed by atoms with Crippen molar-refractivity contribution >= 4 is 17.9 Å². The van der Waals surface area contributed by atoms with Gasteiger partial charge in [0.15, 0.2) is 0 Å². The molecule has 3 aliphatic rings. The van der Waals surface area contributed by atoms with Crippen LogP contribution in [0.25, 0.3) is 0 Å². The van der Waals surface area contributed by atoms with Gasteiger partial charge in [0.1, 0.15) is 0 Å². The molecule has 3 rings (SSSR count). The van der Waals surface area contributed by atoms with Crippen LogP contribution in [0.5, 0.6) is 0 Å². The summed E-state index contributed by atoms with van der Waals surface area (Å²) >= 11 is 0. The predicted molar refractivity (Wildman–Crippen MR) is 87.3 cm³/mol. The molecular formula is C17H27N3O4. The number of likely N-dealkylation sites (tertiary alicyclic amines) is 2. The summed E-state index contributed by atoms with van der Waals surface area (Å²) in [7, 11) is 3.46. The van der Waals surface area contributed by atoms with E-state index in [0.29, 0.717) is 44.9 Å². The van der Waals surface area contributed by atoms with E-state index in [4.69, 9.17) is 0 Å². The van der Waals surface area contributed by atoms with E-state index in [0.717, 1.165) is 12.8 Å². The Morgan fingerprint density at radius 1 is 0.958 bits per heavy atom. The zero-order chi connectivity index (χ0) is 17.4. The van der Waals surface area contributed by atoms with Crippen LogP contribution in [0.15, 0.2) is 0 Å². The average molecular weight is 337 g/mol. The molecule has 0 aromatic carbocycles. The molecule has 2 atom stereocenters. The van der Waals surface area contributed by atoms with Crippen molar-refractivity contribution in [2.75, 3.05) is 40.3 Å². The SMILES string of the molecule is CN(C)C(=O)N1CCC(C(=O)N2C[C@@H](C(=O)O)[C@H](C3CC3)C2)CC1. The van der Waals surface area contributed by atoms with Crippen molar-refractivity contribution in [3.8, 4) is 0 Å². The Kier molecular flexibility index (Phi) is 4.69. The molecule has 0 bridgehead atoms. The van der Waals surface area contributed by atoms with E-state index in [1.165, 1.54) is 0 Å². The van der Waals surface area contributed by atoms with E-state index < -0.39 is 11.9 Å². The van der Waals surface area contributed by atoms with Crippen LogP contribution in [0, 0.1) is 23.7 Å². The predicted octanol–water partition coefficient (Wildman–Crippen LogP) is 0.949. The van der Waals surface area contributed by atoms with Crippen LogP contribution in [0.4, 0.5) is 4.79 Å². The summed E-state index contributed by atoms with van der Waals surface area (Å²) in [5.74, 6) is -0.555. The lowest BCUT2D eigenvalue weighted by atomic mass is 9.92. The van der Waals surface area contributed by atoms with E-state index in [1.807, 2.05) is 0 Å². The number of carboxylic acids is 1. The third-order valence-electron chi connectivity index (χ3n) is 5.72. The molecule has 2 heterocycles. The molecule has 0 aromatic heterocycles. The zero-order valence-corrected chi connectivity index (χ0v) is 14.5. The summed E-state index contributed by atoms with van der Waals surface area (Å²) in [5.41, 5.74) is 0. The molecule has 1 saturated carbocycles. The Morgan fingerprint density at radius 2 is 1.58 bits per heavy atom. The first-order valence-electron chi connectivity index (χ1n) is 8.86. The minimum absolute atomic E-state index is 0.0122. The number of piperidine rings is 1. The highest BCUT2D eigenvalue weighted by Gasteiger charge is 2.47. The number of urea groups is 1. The summed E-state index contributed by atoms with van der Waals surface area (Å²) in [6.45, 7) is 2.13. The molecule has 3 amide bonds. The second kappa shape index (κ2) is 6.61. The van der Waals surface area contributed by atoms with Gasteiger partial charge >= 0.3 is 12.0 Å². The molecule has 0 aromatic rings. The van der Waals surface area contributed by atoms with Crippen LogP contribution in [-0.4, -0.2) is 78.0 Å². The maximum atomic E-state index is 12.8. The van der Waals surface area contributed by atoms with Gasteiger partial charge < -0.3 is 19.8 Å². The zero-order valence-electron chi connectivity index (χ0n) is 14.5. The van der Waals surface area contributed by atoms with Crippen LogP contribution < -0.4 is 0 Å². The number of carbonyl (C=O) groups excluding carboxylic acids is 2. The maximum Gasteiger partial charge on any atom is 0.319 e. The van der Waals surface area contributed by atoms with Gasteiger partial charge in [0, 0.05) is 46.2 Å². The van der Waals surface area contributed by atoms with E-state index in [9.17, 15) is 19.5 Å². The fourth-order valence-electron chi connectivity index (χ4n) is 4.13. The van der Waals surface area contributed by atoms with Crippen molar-refractivity contribution in [3.05, 3.63) is 0 Å². The fourth-order valence-corrected chi connectivity index (χ4v) is 4.13. The van der Waals surface area contributed by atoms with Crippen LogP contribution >= 0.6 is 0 Å². The summed E-state index contributed by atoms with van der Waals surface area (Å²) in [6.07, 6.45) is 3.53. The van der Waals surface area contributed by atoms with Gasteiger partial charge in [0.2, 0.25) is 5.91 Å². The lowest BCUT2D eigenvalue weighted by Crippen LogP contribution is -2.47. The first kappa shape index (κ1) is 17.0. The monoisotopic (exact) mass is 337 g/mol. The summed E-state index contributed by atoms with van der Waals surface area (Å²) in [6, 6.07) is -0.0122. The lowest BCUT2D eigenvalue weighted by molar-refractivity contribution is -0.143. The highest BCUT2D eigenvalue weighted by atomic mass is 16.4. The second-order valence-corrected chi connectivity index (χ2v) is 7.63. The van der Waals surface area contributed by atoms with Gasteiger partial charge in [0.05, 0.1) is 5.92 Å². The number of rotatable bonds is 3. The molecule has 134 valence electrons. The van der Waals surface area contributed by atoms with Gasteiger partial charge in [-0.1, -0.05) is 0 Å². The van der Waals surface area contributed by atoms with E-state index in [-0.39, 0.29) is 23.8 Å². The number of carbonyl (C=O) groups is 3. The Bertz CT molecular complexity index is 524. The Morgan fingerprint density at radius 3 is 2.08 bits per heavy atom. The van der Waals surface area contributed by atoms with Gasteiger partial charge in [-0.25, -0.2) is 4.79 Å². The standard InChI is InChI=1S/C17H27N3O4/c1-18(2)17(24)19-7-5-12(6-8-19)15(21)20-9-13(11-3-4-11)14(10-20)16(22)23/h11-14H,3-10H2,1-2H3,(H,22,23)/t13-,14+/m0/s1.